The molecule has 0 aromatic heterocycles. The second-order valence-electron chi connectivity index (χ2n) is 5.77. The van der Waals surface area contributed by atoms with Crippen LogP contribution in [-0.2, 0) is 15.0 Å². The highest BCUT2D eigenvalue weighted by Gasteiger charge is 2.30. The molecule has 0 fully saturated rings. The van der Waals surface area contributed by atoms with Crippen molar-refractivity contribution in [1.29, 1.82) is 0 Å². The molecule has 28 heavy (non-hydrogen) atoms. The molecule has 146 valence electrons. The predicted molar refractivity (Wildman–Crippen MR) is 104 cm³/mol. The van der Waals surface area contributed by atoms with E-state index in [4.69, 9.17) is 16.3 Å². The number of hydrogen-bond donors (Lipinski definition) is 1. The number of likely N-dealkylation sites (N-methyl/N-ethyl adjacent to an activating group) is 1. The van der Waals surface area contributed by atoms with Gasteiger partial charge in [-0.05, 0) is 36.4 Å². The first kappa shape index (κ1) is 19.8. The molecule has 2 aromatic carbocycles. The largest absolute Gasteiger partial charge is 0.497 e. The summed E-state index contributed by atoms with van der Waals surface area (Å²) in [5.74, 6) is -0.843. The summed E-state index contributed by atoms with van der Waals surface area (Å²) >= 11 is 5.71. The van der Waals surface area contributed by atoms with Gasteiger partial charge in [0.25, 0.3) is 5.91 Å². The van der Waals surface area contributed by atoms with E-state index in [9.17, 15) is 17.6 Å². The molecule has 0 saturated heterocycles. The molecule has 10 heteroatoms. The Balaban J connectivity index is 1.98. The molecule has 2 aromatic rings. The summed E-state index contributed by atoms with van der Waals surface area (Å²) < 4.78 is 47.7. The average molecular weight is 424 g/mol. The van der Waals surface area contributed by atoms with Crippen LogP contribution in [0.15, 0.2) is 58.6 Å². The molecular formula is C18H15ClFN3O4S. The van der Waals surface area contributed by atoms with Crippen LogP contribution >= 0.6 is 11.6 Å². The number of anilines is 1. The van der Waals surface area contributed by atoms with Crippen LogP contribution in [-0.4, -0.2) is 38.5 Å². The lowest BCUT2D eigenvalue weighted by molar-refractivity contribution is -0.113. The molecule has 1 aliphatic rings. The summed E-state index contributed by atoms with van der Waals surface area (Å²) in [4.78, 5) is 12.7. The van der Waals surface area contributed by atoms with Crippen molar-refractivity contribution in [3.8, 4) is 5.75 Å². The van der Waals surface area contributed by atoms with Crippen LogP contribution < -0.4 is 10.1 Å². The van der Waals surface area contributed by atoms with E-state index < -0.39 is 21.9 Å². The number of hydrogen-bond acceptors (Lipinski definition) is 4. The second kappa shape index (κ2) is 7.61. The summed E-state index contributed by atoms with van der Waals surface area (Å²) in [6, 6.07) is 10.3. The number of ether oxygens (including phenoxy) is 1. The van der Waals surface area contributed by atoms with Crippen molar-refractivity contribution >= 4 is 39.1 Å². The molecule has 0 bridgehead atoms. The highest BCUT2D eigenvalue weighted by molar-refractivity contribution is 7.88. The minimum atomic E-state index is -4.11. The van der Waals surface area contributed by atoms with Gasteiger partial charge in [-0.25, -0.2) is 8.70 Å². The Morgan fingerprint density at radius 1 is 1.25 bits per heavy atom. The molecule has 1 N–H and O–H groups in total. The van der Waals surface area contributed by atoms with E-state index in [2.05, 4.69) is 9.71 Å². The summed E-state index contributed by atoms with van der Waals surface area (Å²) in [6.45, 7) is 0. The van der Waals surface area contributed by atoms with Gasteiger partial charge in [-0.15, -0.1) is 4.40 Å². The van der Waals surface area contributed by atoms with E-state index in [1.54, 1.807) is 24.3 Å². The molecule has 0 aliphatic carbocycles. The van der Waals surface area contributed by atoms with Crippen molar-refractivity contribution in [1.82, 2.24) is 4.31 Å². The van der Waals surface area contributed by atoms with E-state index in [0.29, 0.717) is 11.3 Å². The minimum Gasteiger partial charge on any atom is -0.497 e. The smallest absolute Gasteiger partial charge is 0.345 e. The maximum absolute atomic E-state index is 13.3. The number of halogens is 2. The number of amides is 1. The number of allylic oxidation sites excluding steroid dienone is 1. The molecule has 0 unspecified atom stereocenters. The Bertz CT molecular complexity index is 1120. The first-order chi connectivity index (χ1) is 13.2. The van der Waals surface area contributed by atoms with Crippen molar-refractivity contribution < 1.29 is 22.3 Å². The Labute approximate surface area is 166 Å². The standard InChI is InChI=1S/C18H15ClFN3O4S/c1-23-17(18(24)21-12-6-7-15(20)14(19)9-12)10-16(22-28(23,25)26)11-4-3-5-13(8-11)27-2/h3-10H,1-2H3,(H,21,24). The van der Waals surface area contributed by atoms with Gasteiger partial charge in [-0.2, -0.15) is 8.42 Å². The topological polar surface area (TPSA) is 88.1 Å². The Hall–Kier alpha value is -2.91. The van der Waals surface area contributed by atoms with Gasteiger partial charge in [0.05, 0.1) is 17.8 Å². The van der Waals surface area contributed by atoms with Crippen molar-refractivity contribution in [2.45, 2.75) is 0 Å². The van der Waals surface area contributed by atoms with Crippen LogP contribution in [0.2, 0.25) is 5.02 Å². The number of rotatable bonds is 4. The summed E-state index contributed by atoms with van der Waals surface area (Å²) in [7, 11) is -1.42. The van der Waals surface area contributed by atoms with E-state index in [0.717, 1.165) is 10.4 Å². The molecule has 1 amide bonds. The predicted octanol–water partition coefficient (Wildman–Crippen LogP) is 2.99. The zero-order chi connectivity index (χ0) is 20.5. The van der Waals surface area contributed by atoms with Crippen LogP contribution in [0.4, 0.5) is 10.1 Å². The molecular weight excluding hydrogens is 409 g/mol. The van der Waals surface area contributed by atoms with Crippen LogP contribution in [0.3, 0.4) is 0 Å². The zero-order valence-corrected chi connectivity index (χ0v) is 16.4. The molecule has 0 saturated carbocycles. The third-order valence-corrected chi connectivity index (χ3v) is 5.55. The fourth-order valence-corrected chi connectivity index (χ4v) is 3.55. The maximum Gasteiger partial charge on any atom is 0.345 e. The maximum atomic E-state index is 13.3. The van der Waals surface area contributed by atoms with Gasteiger partial charge in [0, 0.05) is 18.3 Å². The summed E-state index contributed by atoms with van der Waals surface area (Å²) in [5.41, 5.74) is 0.604. The van der Waals surface area contributed by atoms with Crippen molar-refractivity contribution in [3.63, 3.8) is 0 Å². The Morgan fingerprint density at radius 3 is 2.68 bits per heavy atom. The van der Waals surface area contributed by atoms with Crippen molar-refractivity contribution in [2.24, 2.45) is 4.40 Å². The number of benzene rings is 2. The van der Waals surface area contributed by atoms with Crippen molar-refractivity contribution in [2.75, 3.05) is 19.5 Å². The minimum absolute atomic E-state index is 0.0827. The first-order valence-electron chi connectivity index (χ1n) is 7.92. The SMILES string of the molecule is COc1cccc(C2=NS(=O)(=O)N(C)C(C(=O)Nc3ccc(F)c(Cl)c3)=C2)c1. The highest BCUT2D eigenvalue weighted by atomic mass is 35.5. The molecule has 0 spiro atoms. The van der Waals surface area contributed by atoms with Gasteiger partial charge < -0.3 is 10.1 Å². The second-order valence-corrected chi connectivity index (χ2v) is 7.80. The monoisotopic (exact) mass is 423 g/mol. The van der Waals surface area contributed by atoms with Crippen LogP contribution in [0.5, 0.6) is 5.75 Å². The normalized spacial score (nSPS) is 15.5. The lowest BCUT2D eigenvalue weighted by Crippen LogP contribution is -2.35. The zero-order valence-electron chi connectivity index (χ0n) is 14.8. The molecule has 0 radical (unpaired) electrons. The number of nitrogens with one attached hydrogen (secondary N) is 1. The average Bonchev–Trinajstić information content (AvgIpc) is 2.66. The third-order valence-electron chi connectivity index (χ3n) is 3.95. The molecule has 1 aliphatic heterocycles. The molecule has 1 heterocycles. The summed E-state index contributed by atoms with van der Waals surface area (Å²) in [6.07, 6.45) is 1.34. The Morgan fingerprint density at radius 2 is 2.00 bits per heavy atom. The van der Waals surface area contributed by atoms with E-state index in [1.165, 1.54) is 32.4 Å². The molecule has 0 atom stereocenters. The first-order valence-corrected chi connectivity index (χ1v) is 9.70. The van der Waals surface area contributed by atoms with Crippen molar-refractivity contribution in [3.05, 3.63) is 70.6 Å². The van der Waals surface area contributed by atoms with E-state index in [1.807, 2.05) is 0 Å². The molecule has 7 nitrogen and oxygen atoms in total. The van der Waals surface area contributed by atoms with Crippen LogP contribution in [0.1, 0.15) is 5.56 Å². The van der Waals surface area contributed by atoms with Gasteiger partial charge in [0.15, 0.2) is 0 Å². The van der Waals surface area contributed by atoms with Gasteiger partial charge in [-0.1, -0.05) is 23.7 Å². The molecule has 3 rings (SSSR count). The van der Waals surface area contributed by atoms with Gasteiger partial charge >= 0.3 is 10.2 Å². The fourth-order valence-electron chi connectivity index (χ4n) is 2.45. The Kier molecular flexibility index (Phi) is 5.39. The fraction of sp³-hybridized carbons (Fsp3) is 0.111. The van der Waals surface area contributed by atoms with Gasteiger partial charge in [0.2, 0.25) is 0 Å². The number of nitrogens with zero attached hydrogens (tertiary/aromatic N) is 2. The van der Waals surface area contributed by atoms with Gasteiger partial charge in [0.1, 0.15) is 17.3 Å². The summed E-state index contributed by atoms with van der Waals surface area (Å²) in [5, 5.41) is 2.33. The van der Waals surface area contributed by atoms with Crippen LogP contribution in [0.25, 0.3) is 0 Å². The van der Waals surface area contributed by atoms with E-state index in [-0.39, 0.29) is 22.1 Å². The lowest BCUT2D eigenvalue weighted by atomic mass is 10.1. The number of carbonyl (C=O) groups is 1. The number of carbonyl (C=O) groups excluding carboxylic acids is 1. The quantitative estimate of drug-likeness (QED) is 0.818. The van der Waals surface area contributed by atoms with E-state index >= 15 is 0 Å². The highest BCUT2D eigenvalue weighted by Crippen LogP contribution is 2.24. The lowest BCUT2D eigenvalue weighted by Gasteiger charge is -2.23. The van der Waals surface area contributed by atoms with Gasteiger partial charge in [-0.3, -0.25) is 4.79 Å². The van der Waals surface area contributed by atoms with Crippen LogP contribution in [0, 0.1) is 5.82 Å². The number of methoxy groups -OCH3 is 1. The third kappa shape index (κ3) is 4.00.